The second-order valence-corrected chi connectivity index (χ2v) is 8.77. The molecule has 3 nitrogen and oxygen atoms in total. The summed E-state index contributed by atoms with van der Waals surface area (Å²) < 4.78 is 8.68. The molecule has 1 aromatic heterocycles. The van der Waals surface area contributed by atoms with E-state index in [-0.39, 0.29) is 6.04 Å². The third-order valence-corrected chi connectivity index (χ3v) is 7.10. The maximum absolute atomic E-state index is 6.27. The predicted molar refractivity (Wildman–Crippen MR) is 136 cm³/mol. The molecular formula is C30H19N2O+. The number of hydrogen-bond donors (Lipinski definition) is 0. The van der Waals surface area contributed by atoms with Gasteiger partial charge in [0.25, 0.3) is 0 Å². The van der Waals surface area contributed by atoms with Gasteiger partial charge in [0.15, 0.2) is 0 Å². The molecule has 0 N–H and O–H groups in total. The van der Waals surface area contributed by atoms with Gasteiger partial charge in [0.05, 0.1) is 11.1 Å². The number of hydrogen-bond acceptors (Lipinski definition) is 2. The van der Waals surface area contributed by atoms with Crippen LogP contribution in [0.2, 0.25) is 0 Å². The van der Waals surface area contributed by atoms with Crippen LogP contribution < -0.4 is 9.48 Å². The molecule has 3 heteroatoms. The summed E-state index contributed by atoms with van der Waals surface area (Å²) in [5.74, 6) is 0. The fourth-order valence-electron chi connectivity index (χ4n) is 5.83. The number of nitrogens with zero attached hydrogens (tertiary/aromatic N) is 2. The summed E-state index contributed by atoms with van der Waals surface area (Å²) >= 11 is 0. The van der Waals surface area contributed by atoms with Crippen LogP contribution in [0.25, 0.3) is 27.5 Å². The highest BCUT2D eigenvalue weighted by atomic mass is 16.3. The molecule has 0 bridgehead atoms. The van der Waals surface area contributed by atoms with Gasteiger partial charge in [-0.2, -0.15) is 4.58 Å². The van der Waals surface area contributed by atoms with Gasteiger partial charge < -0.3 is 9.32 Å². The zero-order valence-corrected chi connectivity index (χ0v) is 17.8. The molecule has 1 aliphatic carbocycles. The molecule has 8 rings (SSSR count). The van der Waals surface area contributed by atoms with E-state index in [9.17, 15) is 0 Å². The third-order valence-electron chi connectivity index (χ3n) is 7.10. The normalized spacial score (nSPS) is 17.9. The van der Waals surface area contributed by atoms with Gasteiger partial charge in [-0.05, 0) is 29.8 Å². The number of fused-ring (bicyclic) bond motifs is 9. The van der Waals surface area contributed by atoms with Gasteiger partial charge in [0.1, 0.15) is 22.9 Å². The lowest BCUT2D eigenvalue weighted by Crippen LogP contribution is -2.43. The number of benzene rings is 4. The van der Waals surface area contributed by atoms with Gasteiger partial charge in [0.2, 0.25) is 17.1 Å². The summed E-state index contributed by atoms with van der Waals surface area (Å²) in [4.78, 5) is 2.53. The zero-order valence-electron chi connectivity index (χ0n) is 17.8. The molecule has 0 saturated carbocycles. The van der Waals surface area contributed by atoms with Crippen LogP contribution in [0.1, 0.15) is 5.56 Å². The van der Waals surface area contributed by atoms with Gasteiger partial charge in [-0.1, -0.05) is 60.7 Å². The van der Waals surface area contributed by atoms with Crippen LogP contribution in [0.15, 0.2) is 114 Å². The summed E-state index contributed by atoms with van der Waals surface area (Å²) in [5, 5.41) is 2.36. The first kappa shape index (κ1) is 17.2. The molecule has 0 amide bonds. The summed E-state index contributed by atoms with van der Waals surface area (Å²) in [5.41, 5.74) is 10.6. The van der Waals surface area contributed by atoms with Crippen molar-refractivity contribution in [1.29, 1.82) is 0 Å². The standard InChI is InChI=1S/C30H19N2O/c1-2-9-19(10-3-1)31-23-13-5-6-14-24(23)32-29-20(12-8-15-25(29)31)21-17-18-27-28(30(21)32)22-11-4-7-16-26(22)33-27/h1-18,29H/q+1. The first-order valence-electron chi connectivity index (χ1n) is 11.3. The summed E-state index contributed by atoms with van der Waals surface area (Å²) in [6.45, 7) is 0. The van der Waals surface area contributed by atoms with Gasteiger partial charge in [-0.3, -0.25) is 0 Å². The molecule has 0 radical (unpaired) electrons. The molecule has 0 spiro atoms. The van der Waals surface area contributed by atoms with Crippen molar-refractivity contribution in [2.75, 3.05) is 4.90 Å². The molecule has 1 atom stereocenters. The first-order chi connectivity index (χ1) is 16.4. The lowest BCUT2D eigenvalue weighted by molar-refractivity contribution is 0.669. The second-order valence-electron chi connectivity index (χ2n) is 8.77. The average Bonchev–Trinajstić information content (AvgIpc) is 3.42. The Hall–Kier alpha value is -4.37. The van der Waals surface area contributed by atoms with E-state index in [2.05, 4.69) is 113 Å². The highest BCUT2D eigenvalue weighted by Gasteiger charge is 2.49. The molecule has 154 valence electrons. The van der Waals surface area contributed by atoms with Crippen molar-refractivity contribution in [2.24, 2.45) is 0 Å². The number of furan rings is 1. The Morgan fingerprint density at radius 1 is 0.758 bits per heavy atom. The van der Waals surface area contributed by atoms with Crippen LogP contribution in [-0.4, -0.2) is 11.8 Å². The maximum atomic E-state index is 6.27. The van der Waals surface area contributed by atoms with Crippen molar-refractivity contribution in [3.63, 3.8) is 0 Å². The van der Waals surface area contributed by atoms with Crippen molar-refractivity contribution in [1.82, 2.24) is 4.58 Å². The topological polar surface area (TPSA) is 19.4 Å². The minimum Gasteiger partial charge on any atom is -0.456 e. The molecule has 3 aliphatic rings. The lowest BCUT2D eigenvalue weighted by atomic mass is 9.92. The van der Waals surface area contributed by atoms with E-state index in [0.717, 1.165) is 11.2 Å². The van der Waals surface area contributed by atoms with E-state index in [1.807, 2.05) is 6.07 Å². The Morgan fingerprint density at radius 3 is 2.52 bits per heavy atom. The van der Waals surface area contributed by atoms with Crippen LogP contribution in [-0.2, 0) is 0 Å². The lowest BCUT2D eigenvalue weighted by Gasteiger charge is -2.32. The van der Waals surface area contributed by atoms with Crippen molar-refractivity contribution >= 4 is 56.0 Å². The molecular weight excluding hydrogens is 404 g/mol. The number of allylic oxidation sites excluding steroid dienone is 2. The van der Waals surface area contributed by atoms with E-state index in [4.69, 9.17) is 4.42 Å². The molecule has 0 saturated heterocycles. The molecule has 0 fully saturated rings. The highest BCUT2D eigenvalue weighted by Crippen LogP contribution is 2.55. The summed E-state index contributed by atoms with van der Waals surface area (Å²) in [6.07, 6.45) is 6.73. The molecule has 4 aromatic carbocycles. The molecule has 3 heterocycles. The van der Waals surface area contributed by atoms with Crippen LogP contribution >= 0.6 is 0 Å². The van der Waals surface area contributed by atoms with E-state index >= 15 is 0 Å². The monoisotopic (exact) mass is 423 g/mol. The smallest absolute Gasteiger partial charge is 0.235 e. The Balaban J connectivity index is 1.53. The fraction of sp³-hybridized carbons (Fsp3) is 0.0333. The Labute approximate surface area is 190 Å². The molecule has 33 heavy (non-hydrogen) atoms. The predicted octanol–water partition coefficient (Wildman–Crippen LogP) is 7.35. The van der Waals surface area contributed by atoms with Crippen molar-refractivity contribution in [3.8, 4) is 0 Å². The number of anilines is 2. The summed E-state index contributed by atoms with van der Waals surface area (Å²) in [6, 6.07) is 32.3. The maximum Gasteiger partial charge on any atom is 0.235 e. The Bertz CT molecular complexity index is 1720. The number of rotatable bonds is 1. The average molecular weight is 423 g/mol. The van der Waals surface area contributed by atoms with Gasteiger partial charge in [0, 0.05) is 35.2 Å². The van der Waals surface area contributed by atoms with Crippen LogP contribution in [0, 0.1) is 0 Å². The van der Waals surface area contributed by atoms with Crippen LogP contribution in [0.5, 0.6) is 0 Å². The Morgan fingerprint density at radius 2 is 1.58 bits per heavy atom. The minimum atomic E-state index is 0.124. The first-order valence-corrected chi connectivity index (χ1v) is 11.3. The van der Waals surface area contributed by atoms with Gasteiger partial charge in [-0.15, -0.1) is 0 Å². The van der Waals surface area contributed by atoms with Gasteiger partial charge >= 0.3 is 0 Å². The van der Waals surface area contributed by atoms with Crippen molar-refractivity contribution in [3.05, 3.63) is 115 Å². The molecule has 1 unspecified atom stereocenters. The largest absolute Gasteiger partial charge is 0.456 e. The van der Waals surface area contributed by atoms with Gasteiger partial charge in [-0.25, -0.2) is 0 Å². The highest BCUT2D eigenvalue weighted by molar-refractivity contribution is 6.26. The van der Waals surface area contributed by atoms with Crippen LogP contribution in [0.4, 0.5) is 22.7 Å². The van der Waals surface area contributed by atoms with Crippen molar-refractivity contribution in [2.45, 2.75) is 6.04 Å². The minimum absolute atomic E-state index is 0.124. The quantitative estimate of drug-likeness (QED) is 0.263. The van der Waals surface area contributed by atoms with E-state index in [0.29, 0.717) is 0 Å². The SMILES string of the molecule is C1=CC2=[N+](c3ccccc3)c3ccccc3N3c4c(ccc5oc6ccccc6c45)C(=C1)C23. The molecule has 2 aliphatic heterocycles. The Kier molecular flexibility index (Phi) is 3.19. The third kappa shape index (κ3) is 2.12. The van der Waals surface area contributed by atoms with Crippen LogP contribution in [0.3, 0.4) is 0 Å². The second kappa shape index (κ2) is 6.11. The van der Waals surface area contributed by atoms with Crippen molar-refractivity contribution < 1.29 is 4.42 Å². The van der Waals surface area contributed by atoms with E-state index < -0.39 is 0 Å². The molecule has 5 aromatic rings. The van der Waals surface area contributed by atoms with E-state index in [1.165, 1.54) is 50.4 Å². The fourth-order valence-corrected chi connectivity index (χ4v) is 5.83. The zero-order chi connectivity index (χ0) is 21.5. The number of para-hydroxylation sites is 4. The summed E-state index contributed by atoms with van der Waals surface area (Å²) in [7, 11) is 0. The van der Waals surface area contributed by atoms with E-state index in [1.54, 1.807) is 0 Å².